The van der Waals surface area contributed by atoms with Crippen molar-refractivity contribution in [2.45, 2.75) is 6.92 Å². The number of nitrogens with zero attached hydrogens (tertiary/aromatic N) is 4. The molecule has 0 bridgehead atoms. The molecule has 0 fully saturated rings. The second kappa shape index (κ2) is 8.33. The Labute approximate surface area is 165 Å². The molecular formula is C19H14ClN5O3. The smallest absolute Gasteiger partial charge is 0.342 e. The third kappa shape index (κ3) is 4.16. The highest BCUT2D eigenvalue weighted by Gasteiger charge is 2.18. The number of hydrogen-bond donors (Lipinski definition) is 1. The molecule has 9 heteroatoms. The second-order valence-electron chi connectivity index (χ2n) is 5.67. The molecule has 28 heavy (non-hydrogen) atoms. The Morgan fingerprint density at radius 2 is 2.14 bits per heavy atom. The van der Waals surface area contributed by atoms with Gasteiger partial charge in [-0.15, -0.1) is 0 Å². The number of carbonyl (C=O) groups is 2. The van der Waals surface area contributed by atoms with Crippen LogP contribution in [0.1, 0.15) is 21.6 Å². The second-order valence-corrected chi connectivity index (χ2v) is 6.08. The number of aromatic nitrogens is 3. The molecule has 0 aliphatic rings. The minimum atomic E-state index is -0.673. The number of nitriles is 1. The Bertz CT molecular complexity index is 1070. The molecule has 3 aromatic rings. The Morgan fingerprint density at radius 3 is 2.82 bits per heavy atom. The number of esters is 1. The predicted octanol–water partition coefficient (Wildman–Crippen LogP) is 2.90. The summed E-state index contributed by atoms with van der Waals surface area (Å²) in [6.45, 7) is 1.22. The van der Waals surface area contributed by atoms with Gasteiger partial charge in [0.1, 0.15) is 11.6 Å². The van der Waals surface area contributed by atoms with Gasteiger partial charge >= 0.3 is 5.97 Å². The molecule has 2 heterocycles. The number of pyridine rings is 1. The molecule has 140 valence electrons. The van der Waals surface area contributed by atoms with E-state index in [1.165, 1.54) is 29.1 Å². The monoisotopic (exact) mass is 395 g/mol. The van der Waals surface area contributed by atoms with Crippen molar-refractivity contribution in [1.29, 1.82) is 5.26 Å². The summed E-state index contributed by atoms with van der Waals surface area (Å²) in [5, 5.41) is 15.8. The molecule has 0 aliphatic carbocycles. The fourth-order valence-corrected chi connectivity index (χ4v) is 2.63. The van der Waals surface area contributed by atoms with Gasteiger partial charge in [-0.2, -0.15) is 10.4 Å². The Kier molecular flexibility index (Phi) is 5.67. The van der Waals surface area contributed by atoms with E-state index in [9.17, 15) is 9.59 Å². The highest BCUT2D eigenvalue weighted by atomic mass is 35.5. The van der Waals surface area contributed by atoms with Crippen molar-refractivity contribution in [3.05, 3.63) is 70.6 Å². The third-order valence-electron chi connectivity index (χ3n) is 3.80. The van der Waals surface area contributed by atoms with Crippen molar-refractivity contribution in [1.82, 2.24) is 14.8 Å². The van der Waals surface area contributed by atoms with E-state index in [2.05, 4.69) is 15.4 Å². The lowest BCUT2D eigenvalue weighted by Gasteiger charge is -2.07. The van der Waals surface area contributed by atoms with Gasteiger partial charge in [-0.25, -0.2) is 14.5 Å². The molecule has 1 aromatic carbocycles. The van der Waals surface area contributed by atoms with Gasteiger partial charge in [0.05, 0.1) is 22.5 Å². The topological polar surface area (TPSA) is 110 Å². The predicted molar refractivity (Wildman–Crippen MR) is 101 cm³/mol. The minimum absolute atomic E-state index is 0.217. The van der Waals surface area contributed by atoms with E-state index >= 15 is 0 Å². The number of hydrogen-bond acceptors (Lipinski definition) is 6. The van der Waals surface area contributed by atoms with Gasteiger partial charge in [0.2, 0.25) is 0 Å². The van der Waals surface area contributed by atoms with Crippen LogP contribution >= 0.6 is 11.6 Å². The number of ether oxygens (including phenoxy) is 1. The molecule has 0 aliphatic heterocycles. The minimum Gasteiger partial charge on any atom is -0.452 e. The number of carbonyl (C=O) groups excluding carboxylic acids is 2. The summed E-state index contributed by atoms with van der Waals surface area (Å²) < 4.78 is 6.57. The first-order valence-electron chi connectivity index (χ1n) is 8.12. The molecule has 0 radical (unpaired) electrons. The summed E-state index contributed by atoms with van der Waals surface area (Å²) >= 11 is 5.92. The van der Waals surface area contributed by atoms with Crippen LogP contribution in [-0.4, -0.2) is 33.2 Å². The van der Waals surface area contributed by atoms with Gasteiger partial charge in [0, 0.05) is 11.9 Å². The average Bonchev–Trinajstić information content (AvgIpc) is 3.08. The SMILES string of the molecule is Cc1c(C(=O)OCC(=O)Nc2ccc(C#N)c(Cl)c2)cnn1-c1ccccn1. The Morgan fingerprint density at radius 1 is 1.32 bits per heavy atom. The molecule has 0 saturated carbocycles. The normalized spacial score (nSPS) is 10.2. The van der Waals surface area contributed by atoms with Gasteiger partial charge in [0.25, 0.3) is 5.91 Å². The van der Waals surface area contributed by atoms with Crippen molar-refractivity contribution in [3.63, 3.8) is 0 Å². The molecule has 0 saturated heterocycles. The number of rotatable bonds is 5. The maximum Gasteiger partial charge on any atom is 0.342 e. The maximum absolute atomic E-state index is 12.3. The maximum atomic E-state index is 12.3. The third-order valence-corrected chi connectivity index (χ3v) is 4.12. The van der Waals surface area contributed by atoms with Crippen LogP contribution in [0.15, 0.2) is 48.8 Å². The Balaban J connectivity index is 1.61. The summed E-state index contributed by atoms with van der Waals surface area (Å²) in [5.74, 6) is -0.647. The number of anilines is 1. The number of nitrogens with one attached hydrogen (secondary N) is 1. The zero-order chi connectivity index (χ0) is 20.1. The van der Waals surface area contributed by atoms with Crippen molar-refractivity contribution in [3.8, 4) is 11.9 Å². The van der Waals surface area contributed by atoms with Gasteiger partial charge in [-0.1, -0.05) is 17.7 Å². The van der Waals surface area contributed by atoms with Crippen molar-refractivity contribution in [2.75, 3.05) is 11.9 Å². The fourth-order valence-electron chi connectivity index (χ4n) is 2.41. The number of amides is 1. The van der Waals surface area contributed by atoms with Crippen LogP contribution in [-0.2, 0) is 9.53 Å². The highest BCUT2D eigenvalue weighted by molar-refractivity contribution is 6.32. The number of halogens is 1. The van der Waals surface area contributed by atoms with Crippen LogP contribution in [0.25, 0.3) is 5.82 Å². The van der Waals surface area contributed by atoms with E-state index in [1.807, 2.05) is 6.07 Å². The molecule has 3 rings (SSSR count). The quantitative estimate of drug-likeness (QED) is 0.665. The standard InChI is InChI=1S/C19H14ClN5O3/c1-12-15(10-23-25(12)17-4-2-3-7-22-17)19(27)28-11-18(26)24-14-6-5-13(9-21)16(20)8-14/h2-8,10H,11H2,1H3,(H,24,26). The van der Waals surface area contributed by atoms with Crippen LogP contribution in [0.2, 0.25) is 5.02 Å². The lowest BCUT2D eigenvalue weighted by Crippen LogP contribution is -2.21. The first-order valence-corrected chi connectivity index (χ1v) is 8.50. The zero-order valence-electron chi connectivity index (χ0n) is 14.7. The van der Waals surface area contributed by atoms with Gasteiger partial charge < -0.3 is 10.1 Å². The molecule has 8 nitrogen and oxygen atoms in total. The van der Waals surface area contributed by atoms with E-state index in [0.29, 0.717) is 22.8 Å². The van der Waals surface area contributed by atoms with Crippen molar-refractivity contribution < 1.29 is 14.3 Å². The molecular weight excluding hydrogens is 382 g/mol. The summed E-state index contributed by atoms with van der Waals surface area (Å²) in [7, 11) is 0. The zero-order valence-corrected chi connectivity index (χ0v) is 15.5. The summed E-state index contributed by atoms with van der Waals surface area (Å²) in [5.41, 5.74) is 1.47. The van der Waals surface area contributed by atoms with Crippen molar-refractivity contribution >= 4 is 29.2 Å². The van der Waals surface area contributed by atoms with E-state index in [1.54, 1.807) is 31.3 Å². The van der Waals surface area contributed by atoms with Gasteiger partial charge in [-0.3, -0.25) is 4.79 Å². The molecule has 0 atom stereocenters. The van der Waals surface area contributed by atoms with Gasteiger partial charge in [-0.05, 0) is 37.3 Å². The molecule has 0 spiro atoms. The highest BCUT2D eigenvalue weighted by Crippen LogP contribution is 2.20. The molecule has 1 amide bonds. The average molecular weight is 396 g/mol. The molecule has 1 N–H and O–H groups in total. The first kappa shape index (κ1) is 19.1. The largest absolute Gasteiger partial charge is 0.452 e. The van der Waals surface area contributed by atoms with Crippen LogP contribution in [0.5, 0.6) is 0 Å². The van der Waals surface area contributed by atoms with E-state index in [-0.39, 0.29) is 10.6 Å². The first-order chi connectivity index (χ1) is 13.5. The van der Waals surface area contributed by atoms with Gasteiger partial charge in [0.15, 0.2) is 12.4 Å². The summed E-state index contributed by atoms with van der Waals surface area (Å²) in [6, 6.07) is 11.7. The van der Waals surface area contributed by atoms with E-state index in [0.717, 1.165) is 0 Å². The fraction of sp³-hybridized carbons (Fsp3) is 0.105. The van der Waals surface area contributed by atoms with E-state index in [4.69, 9.17) is 21.6 Å². The summed E-state index contributed by atoms with van der Waals surface area (Å²) in [4.78, 5) is 28.4. The molecule has 0 unspecified atom stereocenters. The van der Waals surface area contributed by atoms with Crippen LogP contribution in [0, 0.1) is 18.3 Å². The van der Waals surface area contributed by atoms with Crippen LogP contribution in [0.3, 0.4) is 0 Å². The Hall–Kier alpha value is -3.70. The molecule has 2 aromatic heterocycles. The van der Waals surface area contributed by atoms with Crippen LogP contribution < -0.4 is 5.32 Å². The number of benzene rings is 1. The van der Waals surface area contributed by atoms with Crippen LogP contribution in [0.4, 0.5) is 5.69 Å². The summed E-state index contributed by atoms with van der Waals surface area (Å²) in [6.07, 6.45) is 2.98. The lowest BCUT2D eigenvalue weighted by atomic mass is 10.2. The lowest BCUT2D eigenvalue weighted by molar-refractivity contribution is -0.119. The van der Waals surface area contributed by atoms with E-state index < -0.39 is 18.5 Å². The van der Waals surface area contributed by atoms with Crippen molar-refractivity contribution in [2.24, 2.45) is 0 Å².